The van der Waals surface area contributed by atoms with Gasteiger partial charge in [-0.2, -0.15) is 0 Å². The maximum Gasteiger partial charge on any atom is 0.233 e. The third kappa shape index (κ3) is 2.95. The van der Waals surface area contributed by atoms with Crippen LogP contribution in [0.4, 0.5) is 0 Å². The highest BCUT2D eigenvalue weighted by Crippen LogP contribution is 2.50. The summed E-state index contributed by atoms with van der Waals surface area (Å²) in [6.45, 7) is 1.79. The van der Waals surface area contributed by atoms with Crippen LogP contribution in [0.2, 0.25) is 5.02 Å². The van der Waals surface area contributed by atoms with E-state index in [0.717, 1.165) is 49.4 Å². The standard InChI is InChI=1S/C21H22ClNO/c22-19-8-6-18(7-9-19)21(11-12-21)20(24)23-13-10-17(15-23)14-16-4-2-1-3-5-16/h1-9,17H,10-15H2. The van der Waals surface area contributed by atoms with Crippen molar-refractivity contribution in [1.29, 1.82) is 0 Å². The SMILES string of the molecule is O=C(N1CCC(Cc2ccccc2)C1)C1(c2ccc(Cl)cc2)CC1. The summed E-state index contributed by atoms with van der Waals surface area (Å²) in [6.07, 6.45) is 4.11. The van der Waals surface area contributed by atoms with Gasteiger partial charge >= 0.3 is 0 Å². The Morgan fingerprint density at radius 1 is 1.08 bits per heavy atom. The molecule has 0 spiro atoms. The first kappa shape index (κ1) is 15.7. The molecule has 1 atom stereocenters. The molecule has 1 amide bonds. The molecule has 124 valence electrons. The molecular formula is C21H22ClNO. The Morgan fingerprint density at radius 2 is 1.79 bits per heavy atom. The van der Waals surface area contributed by atoms with E-state index < -0.39 is 0 Å². The molecule has 3 heteroatoms. The molecule has 2 aromatic carbocycles. The van der Waals surface area contributed by atoms with Crippen LogP contribution in [-0.4, -0.2) is 23.9 Å². The first-order valence-corrected chi connectivity index (χ1v) is 9.14. The molecule has 0 aromatic heterocycles. The number of carbonyl (C=O) groups excluding carboxylic acids is 1. The molecule has 4 rings (SSSR count). The predicted octanol–water partition coefficient (Wildman–Crippen LogP) is 4.46. The van der Waals surface area contributed by atoms with E-state index in [9.17, 15) is 4.79 Å². The van der Waals surface area contributed by atoms with Crippen LogP contribution in [0.15, 0.2) is 54.6 Å². The van der Waals surface area contributed by atoms with Gasteiger partial charge in [-0.3, -0.25) is 4.79 Å². The summed E-state index contributed by atoms with van der Waals surface area (Å²) >= 11 is 5.99. The van der Waals surface area contributed by atoms with Gasteiger partial charge in [0.05, 0.1) is 5.41 Å². The third-order valence-corrected chi connectivity index (χ3v) is 5.75. The minimum Gasteiger partial charge on any atom is -0.342 e. The van der Waals surface area contributed by atoms with E-state index in [4.69, 9.17) is 11.6 Å². The molecule has 24 heavy (non-hydrogen) atoms. The number of hydrogen-bond donors (Lipinski definition) is 0. The number of halogens is 1. The van der Waals surface area contributed by atoms with Gasteiger partial charge in [0.2, 0.25) is 5.91 Å². The summed E-state index contributed by atoms with van der Waals surface area (Å²) in [4.78, 5) is 15.2. The van der Waals surface area contributed by atoms with Crippen molar-refractivity contribution in [2.24, 2.45) is 5.92 Å². The zero-order valence-electron chi connectivity index (χ0n) is 13.7. The molecule has 0 radical (unpaired) electrons. The molecule has 1 heterocycles. The summed E-state index contributed by atoms with van der Waals surface area (Å²) in [5.41, 5.74) is 2.23. The largest absolute Gasteiger partial charge is 0.342 e. The second-order valence-electron chi connectivity index (χ2n) is 7.18. The maximum absolute atomic E-state index is 13.1. The van der Waals surface area contributed by atoms with Crippen molar-refractivity contribution in [3.05, 3.63) is 70.7 Å². The number of nitrogens with zero attached hydrogens (tertiary/aromatic N) is 1. The zero-order valence-corrected chi connectivity index (χ0v) is 14.5. The molecule has 2 fully saturated rings. The molecular weight excluding hydrogens is 318 g/mol. The fourth-order valence-corrected chi connectivity index (χ4v) is 4.08. The average molecular weight is 340 g/mol. The van der Waals surface area contributed by atoms with Gasteiger partial charge in [0.25, 0.3) is 0 Å². The molecule has 0 bridgehead atoms. The second kappa shape index (κ2) is 6.25. The Kier molecular flexibility index (Phi) is 4.09. The first-order chi connectivity index (χ1) is 11.7. The van der Waals surface area contributed by atoms with E-state index in [1.165, 1.54) is 5.56 Å². The Labute approximate surface area is 148 Å². The first-order valence-electron chi connectivity index (χ1n) is 8.77. The van der Waals surface area contributed by atoms with E-state index in [1.54, 1.807) is 0 Å². The van der Waals surface area contributed by atoms with Crippen LogP contribution < -0.4 is 0 Å². The van der Waals surface area contributed by atoms with Crippen molar-refractivity contribution in [3.63, 3.8) is 0 Å². The fourth-order valence-electron chi connectivity index (χ4n) is 3.95. The highest BCUT2D eigenvalue weighted by atomic mass is 35.5. The van der Waals surface area contributed by atoms with E-state index in [1.807, 2.05) is 24.3 Å². The van der Waals surface area contributed by atoms with E-state index in [-0.39, 0.29) is 5.41 Å². The van der Waals surface area contributed by atoms with Crippen molar-refractivity contribution >= 4 is 17.5 Å². The number of benzene rings is 2. The number of likely N-dealkylation sites (tertiary alicyclic amines) is 1. The van der Waals surface area contributed by atoms with E-state index in [2.05, 4.69) is 35.2 Å². The van der Waals surface area contributed by atoms with E-state index in [0.29, 0.717) is 11.8 Å². The molecule has 1 aliphatic heterocycles. The maximum atomic E-state index is 13.1. The minimum atomic E-state index is -0.272. The average Bonchev–Trinajstić information content (AvgIpc) is 3.29. The fraction of sp³-hybridized carbons (Fsp3) is 0.381. The monoisotopic (exact) mass is 339 g/mol. The van der Waals surface area contributed by atoms with Crippen molar-refractivity contribution < 1.29 is 4.79 Å². The Hall–Kier alpha value is -1.80. The predicted molar refractivity (Wildman–Crippen MR) is 97.2 cm³/mol. The molecule has 1 saturated carbocycles. The smallest absolute Gasteiger partial charge is 0.233 e. The summed E-state index contributed by atoms with van der Waals surface area (Å²) in [5.74, 6) is 0.901. The molecule has 0 N–H and O–H groups in total. The lowest BCUT2D eigenvalue weighted by Crippen LogP contribution is -2.38. The van der Waals surface area contributed by atoms with Crippen molar-refractivity contribution in [2.45, 2.75) is 31.1 Å². The van der Waals surface area contributed by atoms with Crippen LogP contribution in [0, 0.1) is 5.92 Å². The van der Waals surface area contributed by atoms with Crippen molar-refractivity contribution in [3.8, 4) is 0 Å². The molecule has 1 unspecified atom stereocenters. The minimum absolute atomic E-state index is 0.272. The Morgan fingerprint density at radius 3 is 2.46 bits per heavy atom. The summed E-state index contributed by atoms with van der Waals surface area (Å²) in [7, 11) is 0. The Balaban J connectivity index is 1.43. The highest BCUT2D eigenvalue weighted by molar-refractivity contribution is 6.30. The molecule has 1 saturated heterocycles. The lowest BCUT2D eigenvalue weighted by molar-refractivity contribution is -0.133. The number of carbonyl (C=O) groups is 1. The topological polar surface area (TPSA) is 20.3 Å². The lowest BCUT2D eigenvalue weighted by Gasteiger charge is -2.24. The van der Waals surface area contributed by atoms with Crippen LogP contribution >= 0.6 is 11.6 Å². The quantitative estimate of drug-likeness (QED) is 0.805. The van der Waals surface area contributed by atoms with E-state index >= 15 is 0 Å². The van der Waals surface area contributed by atoms with Gasteiger partial charge in [-0.05, 0) is 54.9 Å². The van der Waals surface area contributed by atoms with Crippen molar-refractivity contribution in [1.82, 2.24) is 4.90 Å². The summed E-state index contributed by atoms with van der Waals surface area (Å²) in [5, 5.41) is 0.728. The van der Waals surface area contributed by atoms with Gasteiger partial charge < -0.3 is 4.90 Å². The molecule has 1 aliphatic carbocycles. The van der Waals surface area contributed by atoms with Crippen LogP contribution in [0.25, 0.3) is 0 Å². The van der Waals surface area contributed by atoms with Crippen LogP contribution in [0.3, 0.4) is 0 Å². The van der Waals surface area contributed by atoms with Crippen LogP contribution in [0.1, 0.15) is 30.4 Å². The normalized spacial score (nSPS) is 21.7. The number of hydrogen-bond acceptors (Lipinski definition) is 1. The van der Waals surface area contributed by atoms with Crippen LogP contribution in [-0.2, 0) is 16.6 Å². The second-order valence-corrected chi connectivity index (χ2v) is 7.62. The van der Waals surface area contributed by atoms with Gasteiger partial charge in [0.15, 0.2) is 0 Å². The number of amides is 1. The van der Waals surface area contributed by atoms with Gasteiger partial charge in [0, 0.05) is 18.1 Å². The molecule has 2 nitrogen and oxygen atoms in total. The third-order valence-electron chi connectivity index (χ3n) is 5.50. The van der Waals surface area contributed by atoms with Gasteiger partial charge in [0.1, 0.15) is 0 Å². The lowest BCUT2D eigenvalue weighted by atomic mass is 9.94. The Bertz CT molecular complexity index is 721. The highest BCUT2D eigenvalue weighted by Gasteiger charge is 2.53. The van der Waals surface area contributed by atoms with Gasteiger partial charge in [-0.1, -0.05) is 54.1 Å². The van der Waals surface area contributed by atoms with Crippen molar-refractivity contribution in [2.75, 3.05) is 13.1 Å². The molecule has 2 aliphatic rings. The number of rotatable bonds is 4. The summed E-state index contributed by atoms with van der Waals surface area (Å²) in [6, 6.07) is 18.4. The zero-order chi connectivity index (χ0) is 16.6. The van der Waals surface area contributed by atoms with Crippen LogP contribution in [0.5, 0.6) is 0 Å². The van der Waals surface area contributed by atoms with Gasteiger partial charge in [-0.25, -0.2) is 0 Å². The molecule has 2 aromatic rings. The van der Waals surface area contributed by atoms with Gasteiger partial charge in [-0.15, -0.1) is 0 Å². The summed E-state index contributed by atoms with van der Waals surface area (Å²) < 4.78 is 0.